The Labute approximate surface area is 203 Å². The lowest BCUT2D eigenvalue weighted by molar-refractivity contribution is -0.0163. The first-order chi connectivity index (χ1) is 14.3. The molecule has 0 N–H and O–H groups in total. The molecule has 0 aromatic heterocycles. The van der Waals surface area contributed by atoms with Gasteiger partial charge in [-0.25, -0.2) is 0 Å². The Kier molecular flexibility index (Phi) is 8.52. The molecule has 0 spiro atoms. The van der Waals surface area contributed by atoms with Crippen LogP contribution < -0.4 is 0 Å². The monoisotopic (exact) mass is 480 g/mol. The van der Waals surface area contributed by atoms with Gasteiger partial charge in [0, 0.05) is 12.0 Å². The third kappa shape index (κ3) is 6.40. The number of hydrogen-bond acceptors (Lipinski definition) is 2. The lowest BCUT2D eigenvalue weighted by Gasteiger charge is -2.49. The van der Waals surface area contributed by atoms with Gasteiger partial charge in [0.05, 0.1) is 5.60 Å². The molecular weight excluding hydrogens is 424 g/mol. The minimum absolute atomic E-state index is 0.101. The zero-order valence-electron chi connectivity index (χ0n) is 23.9. The van der Waals surface area contributed by atoms with Gasteiger partial charge in [-0.2, -0.15) is 0 Å². The summed E-state index contributed by atoms with van der Waals surface area (Å²) in [6.45, 7) is 30.8. The highest BCUT2D eigenvalue weighted by molar-refractivity contribution is 6.74. The Hall–Kier alpha value is 0.0938. The summed E-state index contributed by atoms with van der Waals surface area (Å²) in [6, 6.07) is 0. The SMILES string of the molecule is C[C@H](/C=C/[C@@H](C)C(C)(C)O[Si](C)(C)C)[C@H]1CC[C@H]2[C@@H](O[Si](C)(C)C(C)(C)C)CCC[C@]12C. The van der Waals surface area contributed by atoms with Crippen LogP contribution in [0.1, 0.15) is 87.5 Å². The molecule has 2 aliphatic rings. The van der Waals surface area contributed by atoms with E-state index in [-0.39, 0.29) is 10.6 Å². The third-order valence-electron chi connectivity index (χ3n) is 9.39. The fraction of sp³-hybridized carbons (Fsp3) is 0.929. The molecule has 188 valence electrons. The van der Waals surface area contributed by atoms with Gasteiger partial charge in [-0.1, -0.05) is 60.1 Å². The van der Waals surface area contributed by atoms with Crippen molar-refractivity contribution in [1.29, 1.82) is 0 Å². The van der Waals surface area contributed by atoms with Crippen molar-refractivity contribution in [2.75, 3.05) is 0 Å². The van der Waals surface area contributed by atoms with Crippen molar-refractivity contribution in [3.05, 3.63) is 12.2 Å². The van der Waals surface area contributed by atoms with Crippen LogP contribution >= 0.6 is 0 Å². The van der Waals surface area contributed by atoms with Gasteiger partial charge >= 0.3 is 0 Å². The van der Waals surface area contributed by atoms with Crippen molar-refractivity contribution in [2.45, 2.75) is 137 Å². The van der Waals surface area contributed by atoms with Gasteiger partial charge in [-0.3, -0.25) is 0 Å². The van der Waals surface area contributed by atoms with E-state index in [1.807, 2.05) is 0 Å². The van der Waals surface area contributed by atoms with Crippen molar-refractivity contribution in [3.8, 4) is 0 Å². The van der Waals surface area contributed by atoms with Gasteiger partial charge in [0.1, 0.15) is 0 Å². The summed E-state index contributed by atoms with van der Waals surface area (Å²) in [5, 5.41) is 0.288. The van der Waals surface area contributed by atoms with E-state index in [1.165, 1.54) is 32.1 Å². The summed E-state index contributed by atoms with van der Waals surface area (Å²) in [6.07, 6.45) is 12.1. The molecule has 0 bridgehead atoms. The van der Waals surface area contributed by atoms with Gasteiger partial charge in [0.25, 0.3) is 0 Å². The zero-order chi connectivity index (χ0) is 24.8. The molecule has 4 heteroatoms. The first-order valence-corrected chi connectivity index (χ1v) is 19.7. The Balaban J connectivity index is 2.12. The van der Waals surface area contributed by atoms with E-state index in [1.54, 1.807) is 0 Å². The number of fused-ring (bicyclic) bond motifs is 1. The summed E-state index contributed by atoms with van der Waals surface area (Å²) >= 11 is 0. The molecule has 32 heavy (non-hydrogen) atoms. The molecular formula is C28H56O2Si2. The van der Waals surface area contributed by atoms with Gasteiger partial charge in [-0.05, 0) is 100 Å². The molecule has 0 unspecified atom stereocenters. The van der Waals surface area contributed by atoms with E-state index in [0.717, 1.165) is 11.8 Å². The van der Waals surface area contributed by atoms with Crippen molar-refractivity contribution in [2.24, 2.45) is 29.1 Å². The van der Waals surface area contributed by atoms with Crippen LogP contribution in [-0.2, 0) is 8.85 Å². The van der Waals surface area contributed by atoms with Crippen LogP contribution in [0.15, 0.2) is 12.2 Å². The van der Waals surface area contributed by atoms with Gasteiger partial charge in [0.2, 0.25) is 0 Å². The second-order valence-corrected chi connectivity index (χ2v) is 23.6. The molecule has 0 heterocycles. The van der Waals surface area contributed by atoms with Crippen LogP contribution in [-0.4, -0.2) is 28.3 Å². The van der Waals surface area contributed by atoms with Crippen molar-refractivity contribution >= 4 is 16.6 Å². The van der Waals surface area contributed by atoms with Crippen molar-refractivity contribution in [3.63, 3.8) is 0 Å². The van der Waals surface area contributed by atoms with E-state index in [2.05, 4.69) is 100 Å². The Bertz CT molecular complexity index is 655. The van der Waals surface area contributed by atoms with Crippen LogP contribution in [0, 0.1) is 29.1 Å². The molecule has 2 fully saturated rings. The van der Waals surface area contributed by atoms with Crippen LogP contribution in [0.2, 0.25) is 37.8 Å². The summed E-state index contributed by atoms with van der Waals surface area (Å²) in [4.78, 5) is 0. The number of hydrogen-bond donors (Lipinski definition) is 0. The predicted molar refractivity (Wildman–Crippen MR) is 146 cm³/mol. The van der Waals surface area contributed by atoms with E-state index in [9.17, 15) is 0 Å². The van der Waals surface area contributed by atoms with Crippen LogP contribution in [0.4, 0.5) is 0 Å². The molecule has 0 saturated heterocycles. The van der Waals surface area contributed by atoms with Crippen LogP contribution in [0.3, 0.4) is 0 Å². The smallest absolute Gasteiger partial charge is 0.192 e. The first kappa shape index (κ1) is 28.3. The highest BCUT2D eigenvalue weighted by atomic mass is 28.4. The molecule has 0 radical (unpaired) electrons. The van der Waals surface area contributed by atoms with Crippen molar-refractivity contribution < 1.29 is 8.85 Å². The average Bonchev–Trinajstić information content (AvgIpc) is 2.94. The molecule has 2 saturated carbocycles. The van der Waals surface area contributed by atoms with E-state index in [4.69, 9.17) is 8.85 Å². The standard InChI is InChI=1S/C28H56O2Si2/c1-21(16-17-22(2)27(6,7)30-31(9,10)11)23-18-19-24-25(15-14-20-28(23,24)8)29-32(12,13)26(3,4)5/h16-17,21-25H,14-15,18-20H2,1-13H3/b17-16+/t21-,22-,23-,24+,25+,28-/m1/s1. The molecule has 0 amide bonds. The highest BCUT2D eigenvalue weighted by Gasteiger charge is 2.54. The Morgan fingerprint density at radius 2 is 1.50 bits per heavy atom. The Morgan fingerprint density at radius 3 is 2.03 bits per heavy atom. The second-order valence-electron chi connectivity index (χ2n) is 14.5. The van der Waals surface area contributed by atoms with Crippen molar-refractivity contribution in [1.82, 2.24) is 0 Å². The van der Waals surface area contributed by atoms with Gasteiger partial charge < -0.3 is 8.85 Å². The van der Waals surface area contributed by atoms with E-state index in [0.29, 0.717) is 23.4 Å². The van der Waals surface area contributed by atoms with E-state index >= 15 is 0 Å². The summed E-state index contributed by atoms with van der Waals surface area (Å²) < 4.78 is 13.6. The molecule has 0 aliphatic heterocycles. The minimum Gasteiger partial charge on any atom is -0.414 e. The normalized spacial score (nSPS) is 32.2. The molecule has 0 aromatic carbocycles. The predicted octanol–water partition coefficient (Wildman–Crippen LogP) is 9.05. The summed E-state index contributed by atoms with van der Waals surface area (Å²) in [5.74, 6) is 2.53. The average molecular weight is 481 g/mol. The zero-order valence-corrected chi connectivity index (χ0v) is 25.9. The number of allylic oxidation sites excluding steroid dienone is 1. The lowest BCUT2D eigenvalue weighted by Crippen LogP contribution is -2.50. The largest absolute Gasteiger partial charge is 0.414 e. The fourth-order valence-corrected chi connectivity index (χ4v) is 9.47. The van der Waals surface area contributed by atoms with Gasteiger partial charge in [-0.15, -0.1) is 0 Å². The molecule has 2 aliphatic carbocycles. The van der Waals surface area contributed by atoms with Crippen LogP contribution in [0.25, 0.3) is 0 Å². The lowest BCUT2D eigenvalue weighted by atomic mass is 9.62. The quantitative estimate of drug-likeness (QED) is 0.255. The summed E-state index contributed by atoms with van der Waals surface area (Å²) in [5.41, 5.74) is 0.318. The van der Waals surface area contributed by atoms with Crippen LogP contribution in [0.5, 0.6) is 0 Å². The summed E-state index contributed by atoms with van der Waals surface area (Å²) in [7, 11) is -3.29. The Morgan fingerprint density at radius 1 is 0.906 bits per heavy atom. The second kappa shape index (κ2) is 9.62. The molecule has 2 nitrogen and oxygen atoms in total. The maximum atomic E-state index is 7.05. The van der Waals surface area contributed by atoms with Gasteiger partial charge in [0.15, 0.2) is 16.6 Å². The first-order valence-electron chi connectivity index (χ1n) is 13.4. The minimum atomic E-state index is -1.73. The fourth-order valence-electron chi connectivity index (χ4n) is 6.31. The molecule has 6 atom stereocenters. The molecule has 2 rings (SSSR count). The topological polar surface area (TPSA) is 18.5 Å². The van der Waals surface area contributed by atoms with E-state index < -0.39 is 16.6 Å². The molecule has 0 aromatic rings. The number of rotatable bonds is 8. The maximum absolute atomic E-state index is 7.05. The highest BCUT2D eigenvalue weighted by Crippen LogP contribution is 2.59. The maximum Gasteiger partial charge on any atom is 0.192 e. The third-order valence-corrected chi connectivity index (χ3v) is 15.0.